The van der Waals surface area contributed by atoms with Crippen molar-refractivity contribution in [3.05, 3.63) is 33.8 Å². The third-order valence-electron chi connectivity index (χ3n) is 3.33. The number of carbonyl (C=O) groups excluding carboxylic acids is 1. The molecule has 1 aliphatic heterocycles. The SMILES string of the molecule is CC(C)(Cc1ccc(Cl)cc1Cl)NC(=O)C1CNCCO1. The van der Waals surface area contributed by atoms with E-state index in [1.165, 1.54) is 0 Å². The normalized spacial score (nSPS) is 19.3. The maximum Gasteiger partial charge on any atom is 0.250 e. The number of benzene rings is 1. The van der Waals surface area contributed by atoms with Crippen molar-refractivity contribution in [1.82, 2.24) is 10.6 Å². The average molecular weight is 331 g/mol. The van der Waals surface area contributed by atoms with Crippen LogP contribution in [0.25, 0.3) is 0 Å². The van der Waals surface area contributed by atoms with E-state index in [9.17, 15) is 4.79 Å². The smallest absolute Gasteiger partial charge is 0.250 e. The van der Waals surface area contributed by atoms with Gasteiger partial charge in [-0.1, -0.05) is 29.3 Å². The minimum absolute atomic E-state index is 0.0997. The van der Waals surface area contributed by atoms with Crippen LogP contribution in [0.15, 0.2) is 18.2 Å². The van der Waals surface area contributed by atoms with Gasteiger partial charge in [-0.15, -0.1) is 0 Å². The number of ether oxygens (including phenoxy) is 1. The second-order valence-corrected chi connectivity index (χ2v) is 6.69. The Morgan fingerprint density at radius 1 is 1.48 bits per heavy atom. The van der Waals surface area contributed by atoms with Crippen molar-refractivity contribution < 1.29 is 9.53 Å². The van der Waals surface area contributed by atoms with E-state index in [1.54, 1.807) is 12.1 Å². The molecule has 2 rings (SSSR count). The number of hydrogen-bond donors (Lipinski definition) is 2. The van der Waals surface area contributed by atoms with Gasteiger partial charge >= 0.3 is 0 Å². The van der Waals surface area contributed by atoms with Crippen molar-refractivity contribution in [2.24, 2.45) is 0 Å². The van der Waals surface area contributed by atoms with E-state index in [2.05, 4.69) is 10.6 Å². The number of hydrogen-bond acceptors (Lipinski definition) is 3. The van der Waals surface area contributed by atoms with E-state index in [0.717, 1.165) is 12.1 Å². The van der Waals surface area contributed by atoms with Crippen LogP contribution in [0.3, 0.4) is 0 Å². The molecule has 0 saturated carbocycles. The van der Waals surface area contributed by atoms with E-state index in [4.69, 9.17) is 27.9 Å². The average Bonchev–Trinajstić information content (AvgIpc) is 2.42. The summed E-state index contributed by atoms with van der Waals surface area (Å²) in [7, 11) is 0. The lowest BCUT2D eigenvalue weighted by atomic mass is 9.94. The second kappa shape index (κ2) is 6.97. The van der Waals surface area contributed by atoms with Crippen LogP contribution in [0, 0.1) is 0 Å². The standard InChI is InChI=1S/C15H20Cl2N2O2/c1-15(2,8-10-3-4-11(16)7-12(10)17)19-14(20)13-9-18-5-6-21-13/h3-4,7,13,18H,5-6,8-9H2,1-2H3,(H,19,20). The lowest BCUT2D eigenvalue weighted by Gasteiger charge is -2.30. The van der Waals surface area contributed by atoms with E-state index >= 15 is 0 Å². The molecule has 1 aromatic carbocycles. The fourth-order valence-corrected chi connectivity index (χ4v) is 2.81. The molecule has 1 aliphatic rings. The van der Waals surface area contributed by atoms with Crippen LogP contribution < -0.4 is 10.6 Å². The molecule has 2 N–H and O–H groups in total. The first kappa shape index (κ1) is 16.6. The molecule has 1 amide bonds. The lowest BCUT2D eigenvalue weighted by Crippen LogP contribution is -2.54. The maximum atomic E-state index is 12.2. The minimum atomic E-state index is -0.432. The Bertz CT molecular complexity index is 514. The van der Waals surface area contributed by atoms with Gasteiger partial charge in [-0.3, -0.25) is 4.79 Å². The first-order chi connectivity index (χ1) is 9.87. The number of morpholine rings is 1. The van der Waals surface area contributed by atoms with Crippen molar-refractivity contribution >= 4 is 29.1 Å². The van der Waals surface area contributed by atoms with Crippen LogP contribution in [0.5, 0.6) is 0 Å². The van der Waals surface area contributed by atoms with E-state index in [1.807, 2.05) is 19.9 Å². The Hall–Kier alpha value is -0.810. The topological polar surface area (TPSA) is 50.4 Å². The summed E-state index contributed by atoms with van der Waals surface area (Å²) in [6.45, 7) is 5.82. The van der Waals surface area contributed by atoms with Gasteiger partial charge in [-0.2, -0.15) is 0 Å². The Morgan fingerprint density at radius 3 is 2.86 bits per heavy atom. The number of halogens is 2. The monoisotopic (exact) mass is 330 g/mol. The highest BCUT2D eigenvalue weighted by Gasteiger charge is 2.28. The van der Waals surface area contributed by atoms with Crippen LogP contribution >= 0.6 is 23.2 Å². The van der Waals surface area contributed by atoms with Crippen molar-refractivity contribution in [1.29, 1.82) is 0 Å². The molecule has 0 spiro atoms. The van der Waals surface area contributed by atoms with Gasteiger partial charge in [0.1, 0.15) is 6.10 Å². The zero-order valence-electron chi connectivity index (χ0n) is 12.2. The quantitative estimate of drug-likeness (QED) is 0.891. The fourth-order valence-electron chi connectivity index (χ4n) is 2.33. The summed E-state index contributed by atoms with van der Waals surface area (Å²) in [6, 6.07) is 5.40. The van der Waals surface area contributed by atoms with Crippen LogP contribution in [0.2, 0.25) is 10.0 Å². The molecule has 6 heteroatoms. The first-order valence-corrected chi connectivity index (χ1v) is 7.71. The van der Waals surface area contributed by atoms with Gasteiger partial charge in [-0.05, 0) is 38.0 Å². The molecule has 0 aliphatic carbocycles. The van der Waals surface area contributed by atoms with Gasteiger partial charge in [0.05, 0.1) is 6.61 Å². The van der Waals surface area contributed by atoms with Gasteiger partial charge in [-0.25, -0.2) is 0 Å². The highest BCUT2D eigenvalue weighted by atomic mass is 35.5. The second-order valence-electron chi connectivity index (χ2n) is 5.85. The summed E-state index contributed by atoms with van der Waals surface area (Å²) in [4.78, 5) is 12.2. The summed E-state index contributed by atoms with van der Waals surface area (Å²) in [5.74, 6) is -0.0997. The Labute approximate surface area is 135 Å². The van der Waals surface area contributed by atoms with Crippen LogP contribution in [0.4, 0.5) is 0 Å². The van der Waals surface area contributed by atoms with Crippen molar-refractivity contribution in [3.63, 3.8) is 0 Å². The molecule has 21 heavy (non-hydrogen) atoms. The summed E-state index contributed by atoms with van der Waals surface area (Å²) in [5.41, 5.74) is 0.532. The molecule has 0 radical (unpaired) electrons. The molecule has 0 aromatic heterocycles. The molecule has 1 unspecified atom stereocenters. The zero-order chi connectivity index (χ0) is 15.5. The fraction of sp³-hybridized carbons (Fsp3) is 0.533. The number of carbonyl (C=O) groups is 1. The van der Waals surface area contributed by atoms with Gasteiger partial charge in [0.15, 0.2) is 0 Å². The molecule has 1 heterocycles. The van der Waals surface area contributed by atoms with E-state index in [0.29, 0.717) is 29.6 Å². The predicted octanol–water partition coefficient (Wildman–Crippen LogP) is 2.42. The number of amides is 1. The maximum absolute atomic E-state index is 12.2. The van der Waals surface area contributed by atoms with Crippen molar-refractivity contribution in [3.8, 4) is 0 Å². The largest absolute Gasteiger partial charge is 0.366 e. The summed E-state index contributed by atoms with van der Waals surface area (Å²) in [6.07, 6.45) is 0.188. The molecule has 1 saturated heterocycles. The van der Waals surface area contributed by atoms with E-state index in [-0.39, 0.29) is 5.91 Å². The minimum Gasteiger partial charge on any atom is -0.366 e. The lowest BCUT2D eigenvalue weighted by molar-refractivity contribution is -0.135. The zero-order valence-corrected chi connectivity index (χ0v) is 13.7. The molecule has 116 valence electrons. The van der Waals surface area contributed by atoms with Gasteiger partial charge in [0, 0.05) is 28.7 Å². The third kappa shape index (κ3) is 4.85. The Balaban J connectivity index is 1.98. The molecule has 1 aromatic rings. The van der Waals surface area contributed by atoms with Crippen LogP contribution in [0.1, 0.15) is 19.4 Å². The van der Waals surface area contributed by atoms with Crippen molar-refractivity contribution in [2.45, 2.75) is 31.9 Å². The van der Waals surface area contributed by atoms with Crippen LogP contribution in [-0.4, -0.2) is 37.2 Å². The molecular formula is C15H20Cl2N2O2. The number of rotatable bonds is 4. The Morgan fingerprint density at radius 2 is 2.24 bits per heavy atom. The highest BCUT2D eigenvalue weighted by Crippen LogP contribution is 2.24. The van der Waals surface area contributed by atoms with Gasteiger partial charge in [0.2, 0.25) is 0 Å². The first-order valence-electron chi connectivity index (χ1n) is 6.96. The molecule has 1 fully saturated rings. The van der Waals surface area contributed by atoms with Gasteiger partial charge in [0.25, 0.3) is 5.91 Å². The van der Waals surface area contributed by atoms with Gasteiger partial charge < -0.3 is 15.4 Å². The Kier molecular flexibility index (Phi) is 5.49. The number of nitrogens with one attached hydrogen (secondary N) is 2. The predicted molar refractivity (Wildman–Crippen MR) is 85.0 cm³/mol. The molecule has 4 nitrogen and oxygen atoms in total. The summed E-state index contributed by atoms with van der Waals surface area (Å²) in [5, 5.41) is 7.38. The molecular weight excluding hydrogens is 311 g/mol. The van der Waals surface area contributed by atoms with E-state index < -0.39 is 11.6 Å². The third-order valence-corrected chi connectivity index (χ3v) is 3.92. The summed E-state index contributed by atoms with van der Waals surface area (Å²) >= 11 is 12.1. The molecule has 1 atom stereocenters. The highest BCUT2D eigenvalue weighted by molar-refractivity contribution is 6.35. The molecule has 0 bridgehead atoms. The van der Waals surface area contributed by atoms with Crippen molar-refractivity contribution in [2.75, 3.05) is 19.7 Å². The van der Waals surface area contributed by atoms with Crippen LogP contribution in [-0.2, 0) is 16.0 Å². The summed E-state index contributed by atoms with van der Waals surface area (Å²) < 4.78 is 5.46.